The van der Waals surface area contributed by atoms with Crippen LogP contribution in [0.1, 0.15) is 76.3 Å². The highest BCUT2D eigenvalue weighted by molar-refractivity contribution is 7.89. The Labute approximate surface area is 217 Å². The number of rotatable bonds is 5. The van der Waals surface area contributed by atoms with Gasteiger partial charge < -0.3 is 10.6 Å². The van der Waals surface area contributed by atoms with E-state index in [9.17, 15) is 13.2 Å². The van der Waals surface area contributed by atoms with E-state index >= 15 is 0 Å². The van der Waals surface area contributed by atoms with Crippen molar-refractivity contribution in [3.63, 3.8) is 0 Å². The van der Waals surface area contributed by atoms with E-state index in [0.29, 0.717) is 19.0 Å². The van der Waals surface area contributed by atoms with Crippen molar-refractivity contribution in [2.75, 3.05) is 31.9 Å². The molecule has 198 valence electrons. The molecule has 2 saturated heterocycles. The third kappa shape index (κ3) is 3.79. The Morgan fingerprint density at radius 1 is 1.11 bits per heavy atom. The summed E-state index contributed by atoms with van der Waals surface area (Å²) in [7, 11) is -3.43. The first kappa shape index (κ1) is 24.9. The average molecular weight is 514 g/mol. The standard InChI is InChI=1S/C29H43N3O3S/c1-27(2)23-10-12-29(27,25(18-23)31-26(33)22-7-5-15-30-19-22)20-36(34,35)32-16-13-28(14-17-32)11-9-21-6-3-4-8-24(21)28/h3-4,6,8,22-23,25,30H,5,7,9-20H2,1-2H3,(H,31,33)/t22?,23-,25+,29-/m1/s1. The molecule has 1 unspecified atom stereocenters. The number of aryl methyl sites for hydroxylation is 1. The summed E-state index contributed by atoms with van der Waals surface area (Å²) in [6, 6.07) is 8.70. The van der Waals surface area contributed by atoms with Crippen molar-refractivity contribution < 1.29 is 13.2 Å². The molecule has 0 aromatic heterocycles. The molecule has 2 aliphatic heterocycles. The van der Waals surface area contributed by atoms with Crippen LogP contribution in [0.15, 0.2) is 24.3 Å². The minimum atomic E-state index is -3.43. The van der Waals surface area contributed by atoms with Crippen LogP contribution in [-0.2, 0) is 26.7 Å². The van der Waals surface area contributed by atoms with Gasteiger partial charge in [0.05, 0.1) is 11.7 Å². The van der Waals surface area contributed by atoms with Crippen molar-refractivity contribution >= 4 is 15.9 Å². The van der Waals surface area contributed by atoms with Gasteiger partial charge in [0.1, 0.15) is 0 Å². The van der Waals surface area contributed by atoms with Crippen LogP contribution in [-0.4, -0.2) is 56.6 Å². The average Bonchev–Trinajstić information content (AvgIpc) is 3.41. The van der Waals surface area contributed by atoms with Crippen molar-refractivity contribution in [1.29, 1.82) is 0 Å². The highest BCUT2D eigenvalue weighted by Crippen LogP contribution is 2.66. The number of piperidine rings is 2. The van der Waals surface area contributed by atoms with E-state index in [1.54, 1.807) is 4.31 Å². The number of nitrogens with one attached hydrogen (secondary N) is 2. The summed E-state index contributed by atoms with van der Waals surface area (Å²) in [5.74, 6) is 0.762. The Hall–Kier alpha value is -1.44. The lowest BCUT2D eigenvalue weighted by atomic mass is 9.69. The van der Waals surface area contributed by atoms with Crippen molar-refractivity contribution in [2.24, 2.45) is 22.7 Å². The lowest BCUT2D eigenvalue weighted by Crippen LogP contribution is -2.56. The van der Waals surface area contributed by atoms with Crippen LogP contribution in [0.2, 0.25) is 0 Å². The van der Waals surface area contributed by atoms with E-state index in [4.69, 9.17) is 0 Å². The van der Waals surface area contributed by atoms with Crippen LogP contribution in [0, 0.1) is 22.7 Å². The molecular formula is C29H43N3O3S. The summed E-state index contributed by atoms with van der Waals surface area (Å²) >= 11 is 0. The molecule has 3 aliphatic carbocycles. The predicted octanol–water partition coefficient (Wildman–Crippen LogP) is 3.61. The molecule has 1 aromatic carbocycles. The number of amides is 1. The zero-order valence-corrected chi connectivity index (χ0v) is 22.8. The number of carbonyl (C=O) groups is 1. The normalized spacial score (nSPS) is 35.1. The number of sulfonamides is 1. The monoisotopic (exact) mass is 513 g/mol. The molecule has 1 aromatic rings. The van der Waals surface area contributed by atoms with E-state index in [2.05, 4.69) is 48.7 Å². The number of nitrogens with zero attached hydrogens (tertiary/aromatic N) is 1. The summed E-state index contributed by atoms with van der Waals surface area (Å²) in [6.45, 7) is 7.45. The molecule has 36 heavy (non-hydrogen) atoms. The highest BCUT2D eigenvalue weighted by Gasteiger charge is 2.66. The molecule has 2 saturated carbocycles. The molecule has 2 N–H and O–H groups in total. The van der Waals surface area contributed by atoms with Gasteiger partial charge in [0.25, 0.3) is 0 Å². The molecule has 6 rings (SSSR count). The first-order chi connectivity index (χ1) is 17.2. The van der Waals surface area contributed by atoms with Crippen LogP contribution in [0.4, 0.5) is 0 Å². The van der Waals surface area contributed by atoms with E-state index in [1.807, 2.05) is 0 Å². The summed E-state index contributed by atoms with van der Waals surface area (Å²) < 4.78 is 29.8. The van der Waals surface area contributed by atoms with Gasteiger partial charge in [0.15, 0.2) is 0 Å². The fourth-order valence-electron chi connectivity index (χ4n) is 8.88. The van der Waals surface area contributed by atoms with Gasteiger partial charge in [0.2, 0.25) is 15.9 Å². The van der Waals surface area contributed by atoms with Crippen molar-refractivity contribution in [3.05, 3.63) is 35.4 Å². The lowest BCUT2D eigenvalue weighted by molar-refractivity contribution is -0.127. The second-order valence-electron chi connectivity index (χ2n) is 13.0. The zero-order valence-electron chi connectivity index (χ0n) is 22.0. The van der Waals surface area contributed by atoms with Gasteiger partial charge in [-0.1, -0.05) is 38.1 Å². The molecule has 1 amide bonds. The third-order valence-corrected chi connectivity index (χ3v) is 13.4. The number of hydrogen-bond donors (Lipinski definition) is 2. The Balaban J connectivity index is 1.19. The number of fused-ring (bicyclic) bond motifs is 4. The minimum absolute atomic E-state index is 0.00205. The molecule has 0 radical (unpaired) electrons. The number of hydrogen-bond acceptors (Lipinski definition) is 4. The van der Waals surface area contributed by atoms with Crippen LogP contribution in [0.5, 0.6) is 0 Å². The Morgan fingerprint density at radius 2 is 1.89 bits per heavy atom. The van der Waals surface area contributed by atoms with Gasteiger partial charge in [-0.15, -0.1) is 0 Å². The maximum Gasteiger partial charge on any atom is 0.224 e. The first-order valence-corrected chi connectivity index (χ1v) is 15.9. The van der Waals surface area contributed by atoms with E-state index in [-0.39, 0.29) is 39.9 Å². The fraction of sp³-hybridized carbons (Fsp3) is 0.759. The highest BCUT2D eigenvalue weighted by atomic mass is 32.2. The molecule has 4 fully saturated rings. The molecule has 2 bridgehead atoms. The van der Waals surface area contributed by atoms with Gasteiger partial charge >= 0.3 is 0 Å². The zero-order chi connectivity index (χ0) is 25.2. The number of carbonyl (C=O) groups excluding carboxylic acids is 1. The van der Waals surface area contributed by atoms with Gasteiger partial charge in [-0.25, -0.2) is 12.7 Å². The SMILES string of the molecule is CC1(C)[C@@H]2CC[C@@]1(CS(=O)(=O)N1CCC3(CCc4ccccc43)CC1)[C@@H](NC(=O)C1CCCNC1)C2. The smallest absolute Gasteiger partial charge is 0.224 e. The second-order valence-corrected chi connectivity index (χ2v) is 15.0. The van der Waals surface area contributed by atoms with Crippen LogP contribution < -0.4 is 10.6 Å². The Kier molecular flexibility index (Phi) is 6.08. The van der Waals surface area contributed by atoms with Crippen molar-refractivity contribution in [1.82, 2.24) is 14.9 Å². The summed E-state index contributed by atoms with van der Waals surface area (Å²) in [6.07, 6.45) is 8.90. The van der Waals surface area contributed by atoms with Gasteiger partial charge in [0, 0.05) is 31.1 Å². The van der Waals surface area contributed by atoms with Crippen LogP contribution in [0.25, 0.3) is 0 Å². The molecule has 1 spiro atoms. The minimum Gasteiger partial charge on any atom is -0.352 e. The maximum absolute atomic E-state index is 14.0. The largest absolute Gasteiger partial charge is 0.352 e. The molecule has 2 heterocycles. The summed E-state index contributed by atoms with van der Waals surface area (Å²) in [5.41, 5.74) is 2.57. The predicted molar refractivity (Wildman–Crippen MR) is 142 cm³/mol. The van der Waals surface area contributed by atoms with Gasteiger partial charge in [-0.2, -0.15) is 0 Å². The first-order valence-electron chi connectivity index (χ1n) is 14.2. The Bertz CT molecular complexity index is 1120. The second kappa shape index (κ2) is 8.81. The molecule has 7 heteroatoms. The summed E-state index contributed by atoms with van der Waals surface area (Å²) in [4.78, 5) is 13.2. The summed E-state index contributed by atoms with van der Waals surface area (Å²) in [5, 5.41) is 6.74. The van der Waals surface area contributed by atoms with Crippen LogP contribution in [0.3, 0.4) is 0 Å². The molecular weight excluding hydrogens is 470 g/mol. The lowest BCUT2D eigenvalue weighted by Gasteiger charge is -2.45. The van der Waals surface area contributed by atoms with Crippen molar-refractivity contribution in [2.45, 2.75) is 83.1 Å². The van der Waals surface area contributed by atoms with E-state index in [1.165, 1.54) is 11.1 Å². The van der Waals surface area contributed by atoms with E-state index in [0.717, 1.165) is 70.9 Å². The quantitative estimate of drug-likeness (QED) is 0.631. The fourth-order valence-corrected chi connectivity index (χ4v) is 11.2. The van der Waals surface area contributed by atoms with Crippen LogP contribution >= 0.6 is 0 Å². The van der Waals surface area contributed by atoms with Gasteiger partial charge in [-0.05, 0) is 92.2 Å². The van der Waals surface area contributed by atoms with Crippen molar-refractivity contribution in [3.8, 4) is 0 Å². The maximum atomic E-state index is 14.0. The molecule has 6 nitrogen and oxygen atoms in total. The van der Waals surface area contributed by atoms with E-state index < -0.39 is 10.0 Å². The molecule has 5 aliphatic rings. The van der Waals surface area contributed by atoms with Gasteiger partial charge in [-0.3, -0.25) is 4.79 Å². The molecule has 4 atom stereocenters. The topological polar surface area (TPSA) is 78.5 Å². The Morgan fingerprint density at radius 3 is 2.61 bits per heavy atom. The third-order valence-electron chi connectivity index (χ3n) is 11.4. The number of benzene rings is 1.